The van der Waals surface area contributed by atoms with Crippen molar-refractivity contribution in [3.8, 4) is 11.4 Å². The van der Waals surface area contributed by atoms with Crippen molar-refractivity contribution >= 4 is 11.8 Å². The Hall–Kier alpha value is -2.83. The summed E-state index contributed by atoms with van der Waals surface area (Å²) in [5, 5.41) is 7.11. The van der Waals surface area contributed by atoms with Crippen LogP contribution in [-0.4, -0.2) is 52.7 Å². The van der Waals surface area contributed by atoms with Crippen molar-refractivity contribution < 1.29 is 14.3 Å². The van der Waals surface area contributed by atoms with Gasteiger partial charge in [-0.05, 0) is 38.3 Å². The van der Waals surface area contributed by atoms with Crippen molar-refractivity contribution in [1.82, 2.24) is 20.0 Å². The second-order valence-corrected chi connectivity index (χ2v) is 6.18. The molecule has 0 spiro atoms. The Morgan fingerprint density at radius 1 is 1.27 bits per heavy atom. The number of piperidine rings is 1. The lowest BCUT2D eigenvalue weighted by Crippen LogP contribution is -2.51. The quantitative estimate of drug-likeness (QED) is 0.889. The van der Waals surface area contributed by atoms with E-state index in [2.05, 4.69) is 10.4 Å². The zero-order valence-electron chi connectivity index (χ0n) is 15.1. The number of nitrogens with one attached hydrogen (secondary N) is 1. The number of likely N-dealkylation sites (tertiary alicyclic amines) is 1. The molecule has 1 N–H and O–H groups in total. The van der Waals surface area contributed by atoms with Gasteiger partial charge in [0.15, 0.2) is 11.4 Å². The predicted octanol–water partition coefficient (Wildman–Crippen LogP) is 2.01. The van der Waals surface area contributed by atoms with Gasteiger partial charge in [-0.3, -0.25) is 9.59 Å². The minimum Gasteiger partial charge on any atom is -0.490 e. The minimum absolute atomic E-state index is 0.140. The van der Waals surface area contributed by atoms with Crippen LogP contribution in [0.1, 0.15) is 36.7 Å². The van der Waals surface area contributed by atoms with E-state index < -0.39 is 6.04 Å². The third-order valence-corrected chi connectivity index (χ3v) is 4.52. The van der Waals surface area contributed by atoms with Gasteiger partial charge in [0, 0.05) is 13.6 Å². The Balaban J connectivity index is 1.94. The van der Waals surface area contributed by atoms with Crippen molar-refractivity contribution in [2.24, 2.45) is 0 Å². The summed E-state index contributed by atoms with van der Waals surface area (Å²) in [6.45, 7) is 2.84. The number of likely N-dealkylation sites (N-methyl/N-ethyl adjacent to an activating group) is 1. The van der Waals surface area contributed by atoms with Crippen LogP contribution in [0.25, 0.3) is 5.69 Å². The first kappa shape index (κ1) is 18.0. The van der Waals surface area contributed by atoms with Gasteiger partial charge in [0.2, 0.25) is 5.91 Å². The molecule has 26 heavy (non-hydrogen) atoms. The summed E-state index contributed by atoms with van der Waals surface area (Å²) in [6.07, 6.45) is 4.18. The third-order valence-electron chi connectivity index (χ3n) is 4.52. The molecular weight excluding hydrogens is 332 g/mol. The molecular formula is C19H24N4O3. The van der Waals surface area contributed by atoms with Crippen LogP contribution in [0.3, 0.4) is 0 Å². The number of carbonyl (C=O) groups is 2. The summed E-state index contributed by atoms with van der Waals surface area (Å²) in [4.78, 5) is 27.0. The van der Waals surface area contributed by atoms with Crippen molar-refractivity contribution in [2.45, 2.75) is 32.2 Å². The lowest BCUT2D eigenvalue weighted by Gasteiger charge is -2.34. The molecule has 1 aliphatic rings. The zero-order valence-corrected chi connectivity index (χ0v) is 15.1. The SMILES string of the molecule is CCOc1cn(-c2ccccc2)nc1C(=O)N1CCCCC1C(=O)NC. The van der Waals surface area contributed by atoms with Gasteiger partial charge in [0.25, 0.3) is 5.91 Å². The highest BCUT2D eigenvalue weighted by Crippen LogP contribution is 2.25. The Kier molecular flexibility index (Phi) is 5.55. The fraction of sp³-hybridized carbons (Fsp3) is 0.421. The Morgan fingerprint density at radius 3 is 2.73 bits per heavy atom. The van der Waals surface area contributed by atoms with E-state index in [1.54, 1.807) is 22.8 Å². The van der Waals surface area contributed by atoms with Gasteiger partial charge in [-0.15, -0.1) is 0 Å². The Bertz CT molecular complexity index is 772. The van der Waals surface area contributed by atoms with E-state index in [1.165, 1.54) is 0 Å². The normalized spacial score (nSPS) is 17.0. The molecule has 1 fully saturated rings. The van der Waals surface area contributed by atoms with Gasteiger partial charge < -0.3 is 15.0 Å². The third kappa shape index (κ3) is 3.56. The fourth-order valence-corrected chi connectivity index (χ4v) is 3.23. The largest absolute Gasteiger partial charge is 0.490 e. The first-order chi connectivity index (χ1) is 12.7. The van der Waals surface area contributed by atoms with Gasteiger partial charge in [0.1, 0.15) is 6.04 Å². The number of carbonyl (C=O) groups excluding carboxylic acids is 2. The van der Waals surface area contributed by atoms with Crippen LogP contribution < -0.4 is 10.1 Å². The summed E-state index contributed by atoms with van der Waals surface area (Å²) in [6, 6.07) is 9.09. The van der Waals surface area contributed by atoms with E-state index in [-0.39, 0.29) is 17.5 Å². The maximum atomic E-state index is 13.2. The molecule has 0 aliphatic carbocycles. The molecule has 0 saturated carbocycles. The van der Waals surface area contributed by atoms with Gasteiger partial charge in [-0.2, -0.15) is 5.10 Å². The number of rotatable bonds is 5. The second-order valence-electron chi connectivity index (χ2n) is 6.18. The minimum atomic E-state index is -0.461. The number of nitrogens with zero attached hydrogens (tertiary/aromatic N) is 3. The first-order valence-corrected chi connectivity index (χ1v) is 8.96. The molecule has 2 amide bonds. The van der Waals surface area contributed by atoms with E-state index in [0.717, 1.165) is 18.5 Å². The fourth-order valence-electron chi connectivity index (χ4n) is 3.23. The molecule has 1 aromatic carbocycles. The van der Waals surface area contributed by atoms with E-state index >= 15 is 0 Å². The predicted molar refractivity (Wildman–Crippen MR) is 97.5 cm³/mol. The van der Waals surface area contributed by atoms with Gasteiger partial charge in [-0.25, -0.2) is 4.68 Å². The summed E-state index contributed by atoms with van der Waals surface area (Å²) in [5.41, 5.74) is 1.08. The van der Waals surface area contributed by atoms with Crippen LogP contribution in [-0.2, 0) is 4.79 Å². The highest BCUT2D eigenvalue weighted by molar-refractivity contribution is 5.98. The second kappa shape index (κ2) is 8.03. The van der Waals surface area contributed by atoms with Crippen molar-refractivity contribution in [3.05, 3.63) is 42.2 Å². The first-order valence-electron chi connectivity index (χ1n) is 8.96. The number of benzene rings is 1. The van der Waals surface area contributed by atoms with Crippen LogP contribution in [0.2, 0.25) is 0 Å². The Morgan fingerprint density at radius 2 is 2.04 bits per heavy atom. The van der Waals surface area contributed by atoms with E-state index in [4.69, 9.17) is 4.74 Å². The Labute approximate surface area is 152 Å². The molecule has 3 rings (SSSR count). The summed E-state index contributed by atoms with van der Waals surface area (Å²) >= 11 is 0. The van der Waals surface area contributed by atoms with Crippen molar-refractivity contribution in [1.29, 1.82) is 0 Å². The topological polar surface area (TPSA) is 76.5 Å². The molecule has 7 heteroatoms. The zero-order chi connectivity index (χ0) is 18.5. The number of amides is 2. The maximum absolute atomic E-state index is 13.2. The smallest absolute Gasteiger partial charge is 0.278 e. The van der Waals surface area contributed by atoms with Crippen LogP contribution >= 0.6 is 0 Å². The average Bonchev–Trinajstić information content (AvgIpc) is 3.12. The molecule has 0 bridgehead atoms. The monoisotopic (exact) mass is 356 g/mol. The molecule has 1 unspecified atom stereocenters. The van der Waals surface area contributed by atoms with Crippen LogP contribution in [0.15, 0.2) is 36.5 Å². The molecule has 1 aliphatic heterocycles. The average molecular weight is 356 g/mol. The molecule has 1 atom stereocenters. The molecule has 0 radical (unpaired) electrons. The number of aromatic nitrogens is 2. The van der Waals surface area contributed by atoms with E-state index in [0.29, 0.717) is 25.3 Å². The van der Waals surface area contributed by atoms with Crippen molar-refractivity contribution in [2.75, 3.05) is 20.2 Å². The number of ether oxygens (including phenoxy) is 1. The molecule has 7 nitrogen and oxygen atoms in total. The van der Waals surface area contributed by atoms with Crippen molar-refractivity contribution in [3.63, 3.8) is 0 Å². The molecule has 1 aromatic heterocycles. The summed E-state index contributed by atoms with van der Waals surface area (Å²) in [5.74, 6) is 0.0255. The van der Waals surface area contributed by atoms with E-state index in [9.17, 15) is 9.59 Å². The molecule has 138 valence electrons. The number of hydrogen-bond donors (Lipinski definition) is 1. The lowest BCUT2D eigenvalue weighted by molar-refractivity contribution is -0.126. The van der Waals surface area contributed by atoms with Crippen LogP contribution in [0.5, 0.6) is 5.75 Å². The lowest BCUT2D eigenvalue weighted by atomic mass is 10.0. The molecule has 1 saturated heterocycles. The van der Waals surface area contributed by atoms with Gasteiger partial charge in [0.05, 0.1) is 18.5 Å². The van der Waals surface area contributed by atoms with Gasteiger partial charge >= 0.3 is 0 Å². The highest BCUT2D eigenvalue weighted by atomic mass is 16.5. The highest BCUT2D eigenvalue weighted by Gasteiger charge is 2.34. The van der Waals surface area contributed by atoms with Crippen LogP contribution in [0, 0.1) is 0 Å². The standard InChI is InChI=1S/C19H24N4O3/c1-3-26-16-13-23(14-9-5-4-6-10-14)21-17(16)19(25)22-12-8-7-11-15(22)18(24)20-2/h4-6,9-10,13,15H,3,7-8,11-12H2,1-2H3,(H,20,24). The number of hydrogen-bond acceptors (Lipinski definition) is 4. The number of para-hydroxylation sites is 1. The maximum Gasteiger partial charge on any atom is 0.278 e. The van der Waals surface area contributed by atoms with Gasteiger partial charge in [-0.1, -0.05) is 18.2 Å². The molecule has 2 aromatic rings. The molecule has 2 heterocycles. The summed E-state index contributed by atoms with van der Waals surface area (Å²) < 4.78 is 7.28. The van der Waals surface area contributed by atoms with E-state index in [1.807, 2.05) is 37.3 Å². The summed E-state index contributed by atoms with van der Waals surface area (Å²) in [7, 11) is 1.59. The van der Waals surface area contributed by atoms with Crippen LogP contribution in [0.4, 0.5) is 0 Å².